The van der Waals surface area contributed by atoms with E-state index in [9.17, 15) is 4.79 Å². The summed E-state index contributed by atoms with van der Waals surface area (Å²) >= 11 is 5.66. The highest BCUT2D eigenvalue weighted by molar-refractivity contribution is 6.16. The van der Waals surface area contributed by atoms with E-state index in [0.29, 0.717) is 5.76 Å². The minimum atomic E-state index is -0.262. The summed E-state index contributed by atoms with van der Waals surface area (Å²) in [5, 5.41) is 6.22. The predicted octanol–water partition coefficient (Wildman–Crippen LogP) is 3.63. The van der Waals surface area contributed by atoms with Gasteiger partial charge in [0.05, 0.1) is 17.3 Å². The number of alkyl halides is 1. The van der Waals surface area contributed by atoms with Crippen LogP contribution in [-0.2, 0) is 12.3 Å². The van der Waals surface area contributed by atoms with E-state index in [4.69, 9.17) is 16.0 Å². The molecule has 1 aromatic heterocycles. The molecule has 0 aliphatic carbocycles. The molecule has 2 heterocycles. The number of para-hydroxylation sites is 1. The Labute approximate surface area is 122 Å². The number of rotatable bonds is 3. The van der Waals surface area contributed by atoms with Gasteiger partial charge in [-0.05, 0) is 36.6 Å². The van der Waals surface area contributed by atoms with Gasteiger partial charge in [-0.25, -0.2) is 0 Å². The second kappa shape index (κ2) is 5.59. The summed E-state index contributed by atoms with van der Waals surface area (Å²) in [5.41, 5.74) is 3.03. The summed E-state index contributed by atoms with van der Waals surface area (Å²) in [6.45, 7) is 0.928. The zero-order valence-electron chi connectivity index (χ0n) is 10.9. The number of fused-ring (bicyclic) bond motifs is 1. The van der Waals surface area contributed by atoms with Crippen molar-refractivity contribution in [2.24, 2.45) is 0 Å². The number of anilines is 2. The van der Waals surface area contributed by atoms with Crippen LogP contribution in [0.1, 0.15) is 28.3 Å². The lowest BCUT2D eigenvalue weighted by Crippen LogP contribution is -2.17. The van der Waals surface area contributed by atoms with Gasteiger partial charge in [0.1, 0.15) is 5.76 Å². The number of carbonyl (C=O) groups excluding carboxylic acids is 1. The number of benzene rings is 1. The normalized spacial score (nSPS) is 13.4. The van der Waals surface area contributed by atoms with Crippen molar-refractivity contribution in [3.63, 3.8) is 0 Å². The Morgan fingerprint density at radius 2 is 2.25 bits per heavy atom. The van der Waals surface area contributed by atoms with Gasteiger partial charge in [-0.1, -0.05) is 12.1 Å². The number of hydrogen-bond acceptors (Lipinski definition) is 3. The standard InChI is InChI=1S/C15H15ClN2O2/c16-9-11-6-7-13(20-11)15(19)18-12-5-1-3-10-4-2-8-17-14(10)12/h1,3,5-7,17H,2,4,8-9H2,(H,18,19). The minimum absolute atomic E-state index is 0.259. The summed E-state index contributed by atoms with van der Waals surface area (Å²) in [5.74, 6) is 0.858. The highest BCUT2D eigenvalue weighted by Crippen LogP contribution is 2.30. The molecule has 20 heavy (non-hydrogen) atoms. The number of halogens is 1. The molecule has 1 aromatic carbocycles. The Morgan fingerprint density at radius 3 is 3.05 bits per heavy atom. The van der Waals surface area contributed by atoms with E-state index in [1.807, 2.05) is 12.1 Å². The van der Waals surface area contributed by atoms with Gasteiger partial charge < -0.3 is 15.1 Å². The highest BCUT2D eigenvalue weighted by Gasteiger charge is 2.16. The average Bonchev–Trinajstić information content (AvgIpc) is 2.97. The number of hydrogen-bond donors (Lipinski definition) is 2. The van der Waals surface area contributed by atoms with Crippen molar-refractivity contribution in [1.82, 2.24) is 0 Å². The molecule has 1 amide bonds. The van der Waals surface area contributed by atoms with E-state index >= 15 is 0 Å². The molecule has 0 spiro atoms. The number of amides is 1. The molecule has 4 nitrogen and oxygen atoms in total. The molecule has 0 fully saturated rings. The van der Waals surface area contributed by atoms with E-state index in [-0.39, 0.29) is 17.5 Å². The molecule has 0 bridgehead atoms. The molecule has 0 radical (unpaired) electrons. The molecule has 0 saturated heterocycles. The van der Waals surface area contributed by atoms with E-state index < -0.39 is 0 Å². The molecular weight excluding hydrogens is 276 g/mol. The second-order valence-electron chi connectivity index (χ2n) is 4.72. The predicted molar refractivity (Wildman–Crippen MR) is 79.5 cm³/mol. The van der Waals surface area contributed by atoms with Gasteiger partial charge in [-0.3, -0.25) is 4.79 Å². The number of carbonyl (C=O) groups is 1. The first-order chi connectivity index (χ1) is 9.78. The zero-order chi connectivity index (χ0) is 13.9. The molecule has 5 heteroatoms. The van der Waals surface area contributed by atoms with Crippen LogP contribution in [-0.4, -0.2) is 12.5 Å². The van der Waals surface area contributed by atoms with Crippen LogP contribution in [0, 0.1) is 0 Å². The van der Waals surface area contributed by atoms with Crippen LogP contribution >= 0.6 is 11.6 Å². The number of aryl methyl sites for hydroxylation is 1. The van der Waals surface area contributed by atoms with Gasteiger partial charge in [0.25, 0.3) is 5.91 Å². The third kappa shape index (κ3) is 2.51. The molecule has 1 aliphatic rings. The summed E-state index contributed by atoms with van der Waals surface area (Å²) < 4.78 is 5.35. The van der Waals surface area contributed by atoms with Gasteiger partial charge in [-0.15, -0.1) is 11.6 Å². The summed E-state index contributed by atoms with van der Waals surface area (Å²) in [4.78, 5) is 12.2. The fourth-order valence-electron chi connectivity index (χ4n) is 2.37. The summed E-state index contributed by atoms with van der Waals surface area (Å²) in [6.07, 6.45) is 2.14. The maximum Gasteiger partial charge on any atom is 0.291 e. The van der Waals surface area contributed by atoms with E-state index in [1.54, 1.807) is 12.1 Å². The van der Waals surface area contributed by atoms with Crippen molar-refractivity contribution in [2.45, 2.75) is 18.7 Å². The Hall–Kier alpha value is -1.94. The lowest BCUT2D eigenvalue weighted by Gasteiger charge is -2.21. The monoisotopic (exact) mass is 290 g/mol. The molecule has 0 unspecified atom stereocenters. The fraction of sp³-hybridized carbons (Fsp3) is 0.267. The highest BCUT2D eigenvalue weighted by atomic mass is 35.5. The van der Waals surface area contributed by atoms with Crippen molar-refractivity contribution < 1.29 is 9.21 Å². The van der Waals surface area contributed by atoms with E-state index in [1.165, 1.54) is 5.56 Å². The zero-order valence-corrected chi connectivity index (χ0v) is 11.7. The molecule has 3 rings (SSSR count). The smallest absolute Gasteiger partial charge is 0.291 e. The van der Waals surface area contributed by atoms with Crippen molar-refractivity contribution in [2.75, 3.05) is 17.2 Å². The van der Waals surface area contributed by atoms with Crippen molar-refractivity contribution in [3.8, 4) is 0 Å². The summed E-state index contributed by atoms with van der Waals surface area (Å²) in [6, 6.07) is 9.26. The molecule has 1 aliphatic heterocycles. The Kier molecular flexibility index (Phi) is 3.65. The van der Waals surface area contributed by atoms with Crippen molar-refractivity contribution in [1.29, 1.82) is 0 Å². The Morgan fingerprint density at radius 1 is 1.35 bits per heavy atom. The van der Waals surface area contributed by atoms with Gasteiger partial charge in [-0.2, -0.15) is 0 Å². The summed E-state index contributed by atoms with van der Waals surface area (Å²) in [7, 11) is 0. The SMILES string of the molecule is O=C(Nc1cccc2c1NCCC2)c1ccc(CCl)o1. The minimum Gasteiger partial charge on any atom is -0.455 e. The van der Waals surface area contributed by atoms with Crippen LogP contribution in [0.4, 0.5) is 11.4 Å². The van der Waals surface area contributed by atoms with Crippen molar-refractivity contribution >= 4 is 28.9 Å². The third-order valence-corrected chi connectivity index (χ3v) is 3.60. The lowest BCUT2D eigenvalue weighted by atomic mass is 10.0. The molecular formula is C15H15ClN2O2. The van der Waals surface area contributed by atoms with Gasteiger partial charge in [0, 0.05) is 6.54 Å². The fourth-order valence-corrected chi connectivity index (χ4v) is 2.51. The average molecular weight is 291 g/mol. The van der Waals surface area contributed by atoms with Gasteiger partial charge >= 0.3 is 0 Å². The molecule has 0 atom stereocenters. The first-order valence-corrected chi connectivity index (χ1v) is 7.13. The molecule has 0 saturated carbocycles. The van der Waals surface area contributed by atoms with Crippen LogP contribution in [0.15, 0.2) is 34.7 Å². The number of nitrogens with one attached hydrogen (secondary N) is 2. The molecule has 104 valence electrons. The third-order valence-electron chi connectivity index (χ3n) is 3.34. The number of furan rings is 1. The van der Waals surface area contributed by atoms with Gasteiger partial charge in [0.15, 0.2) is 5.76 Å². The molecule has 2 aromatic rings. The quantitative estimate of drug-likeness (QED) is 0.849. The van der Waals surface area contributed by atoms with E-state index in [2.05, 4.69) is 16.7 Å². The van der Waals surface area contributed by atoms with Crippen LogP contribution in [0.5, 0.6) is 0 Å². The van der Waals surface area contributed by atoms with Crippen LogP contribution < -0.4 is 10.6 Å². The van der Waals surface area contributed by atoms with E-state index in [0.717, 1.165) is 30.8 Å². The second-order valence-corrected chi connectivity index (χ2v) is 4.99. The maximum absolute atomic E-state index is 12.2. The van der Waals surface area contributed by atoms with Gasteiger partial charge in [0.2, 0.25) is 0 Å². The lowest BCUT2D eigenvalue weighted by molar-refractivity contribution is 0.0995. The van der Waals surface area contributed by atoms with Crippen LogP contribution in [0.25, 0.3) is 0 Å². The topological polar surface area (TPSA) is 54.3 Å². The Bertz CT molecular complexity index is 637. The largest absolute Gasteiger partial charge is 0.455 e. The first kappa shape index (κ1) is 13.1. The van der Waals surface area contributed by atoms with Crippen LogP contribution in [0.2, 0.25) is 0 Å². The Balaban J connectivity index is 1.82. The van der Waals surface area contributed by atoms with Crippen LogP contribution in [0.3, 0.4) is 0 Å². The maximum atomic E-state index is 12.2. The molecule has 2 N–H and O–H groups in total. The van der Waals surface area contributed by atoms with Crippen molar-refractivity contribution in [3.05, 3.63) is 47.4 Å². The first-order valence-electron chi connectivity index (χ1n) is 6.59.